The number of nitrogens with one attached hydrogen (secondary N) is 1. The number of benzene rings is 2. The van der Waals surface area contributed by atoms with Crippen molar-refractivity contribution in [3.05, 3.63) is 48.2 Å². The quantitative estimate of drug-likeness (QED) is 0.691. The average molecular weight is 327 g/mol. The minimum absolute atomic E-state index is 0. The predicted molar refractivity (Wildman–Crippen MR) is 89.6 cm³/mol. The van der Waals surface area contributed by atoms with Gasteiger partial charge in [0.05, 0.1) is 0 Å². The molecule has 1 atom stereocenters. The molecule has 1 heterocycles. The van der Waals surface area contributed by atoms with Crippen molar-refractivity contribution in [1.82, 2.24) is 4.98 Å². The summed E-state index contributed by atoms with van der Waals surface area (Å²) in [4.78, 5) is 14.1. The van der Waals surface area contributed by atoms with E-state index in [0.29, 0.717) is 6.42 Å². The van der Waals surface area contributed by atoms with Crippen molar-refractivity contribution in [2.24, 2.45) is 5.73 Å². The Morgan fingerprint density at radius 1 is 1.19 bits per heavy atom. The van der Waals surface area contributed by atoms with Crippen LogP contribution in [0.15, 0.2) is 42.6 Å². The van der Waals surface area contributed by atoms with Crippen molar-refractivity contribution in [2.45, 2.75) is 12.5 Å². The number of aromatic nitrogens is 1. The number of hydrogen-bond donors (Lipinski definition) is 3. The van der Waals surface area contributed by atoms with Gasteiger partial charge in [-0.2, -0.15) is 0 Å². The van der Waals surface area contributed by atoms with Crippen molar-refractivity contribution in [1.29, 1.82) is 0 Å². The lowest BCUT2D eigenvalue weighted by Gasteiger charge is -2.06. The van der Waals surface area contributed by atoms with Crippen molar-refractivity contribution in [3.8, 4) is 0 Å². The highest BCUT2D eigenvalue weighted by atomic mass is 35.5. The van der Waals surface area contributed by atoms with Crippen LogP contribution in [0.2, 0.25) is 0 Å². The van der Waals surface area contributed by atoms with E-state index in [4.69, 9.17) is 10.8 Å². The van der Waals surface area contributed by atoms with Crippen LogP contribution in [0.1, 0.15) is 5.56 Å². The van der Waals surface area contributed by atoms with Crippen molar-refractivity contribution >= 4 is 52.5 Å². The number of fused-ring (bicyclic) bond motifs is 3. The number of hydrogen-bond acceptors (Lipinski definition) is 2. The zero-order valence-electron chi connectivity index (χ0n) is 11.1. The van der Waals surface area contributed by atoms with Gasteiger partial charge >= 0.3 is 5.97 Å². The lowest BCUT2D eigenvalue weighted by atomic mass is 10.00. The van der Waals surface area contributed by atoms with Gasteiger partial charge in [-0.25, -0.2) is 0 Å². The lowest BCUT2D eigenvalue weighted by Crippen LogP contribution is -2.32. The topological polar surface area (TPSA) is 79.1 Å². The van der Waals surface area contributed by atoms with Crippen LogP contribution < -0.4 is 5.73 Å². The van der Waals surface area contributed by atoms with Gasteiger partial charge in [0.1, 0.15) is 6.04 Å². The van der Waals surface area contributed by atoms with E-state index in [1.54, 1.807) is 0 Å². The second-order valence-electron chi connectivity index (χ2n) is 4.67. The summed E-state index contributed by atoms with van der Waals surface area (Å²) in [6.45, 7) is 0. The molecule has 4 N–H and O–H groups in total. The number of halogens is 2. The lowest BCUT2D eigenvalue weighted by molar-refractivity contribution is -0.138. The summed E-state index contributed by atoms with van der Waals surface area (Å²) in [5, 5.41) is 12.3. The summed E-state index contributed by atoms with van der Waals surface area (Å²) in [5.41, 5.74) is 7.58. The van der Waals surface area contributed by atoms with Crippen molar-refractivity contribution < 1.29 is 9.90 Å². The van der Waals surface area contributed by atoms with Gasteiger partial charge in [-0.15, -0.1) is 24.8 Å². The van der Waals surface area contributed by atoms with E-state index in [2.05, 4.69) is 11.1 Å². The van der Waals surface area contributed by atoms with Crippen molar-refractivity contribution in [3.63, 3.8) is 0 Å². The number of carbonyl (C=O) groups is 1. The molecule has 0 aliphatic carbocycles. The van der Waals surface area contributed by atoms with E-state index in [1.807, 2.05) is 36.5 Å². The maximum Gasteiger partial charge on any atom is 0.320 e. The Kier molecular flexibility index (Phi) is 5.61. The molecule has 0 saturated carbocycles. The molecule has 0 bridgehead atoms. The Bertz CT molecular complexity index is 771. The van der Waals surface area contributed by atoms with Crippen LogP contribution in [-0.2, 0) is 11.2 Å². The van der Waals surface area contributed by atoms with Crippen LogP contribution in [0, 0.1) is 0 Å². The molecule has 6 heteroatoms. The fraction of sp³-hybridized carbons (Fsp3) is 0.133. The van der Waals surface area contributed by atoms with Crippen LogP contribution in [0.25, 0.3) is 21.7 Å². The van der Waals surface area contributed by atoms with Gasteiger partial charge in [-0.1, -0.05) is 30.3 Å². The standard InChI is InChI=1S/C15H14N2O2.2ClH/c16-12(15(18)19)7-10-8-17-13-6-5-9-3-1-2-4-11(9)14(10)13;;/h1-6,8,12,17H,7,16H2,(H,18,19);2*1H/t12-;;/m0../s1. The molecule has 0 radical (unpaired) electrons. The Morgan fingerprint density at radius 3 is 2.62 bits per heavy atom. The van der Waals surface area contributed by atoms with Crippen LogP contribution >= 0.6 is 24.8 Å². The molecule has 0 spiro atoms. The largest absolute Gasteiger partial charge is 0.480 e. The number of aromatic amines is 1. The van der Waals surface area contributed by atoms with Gasteiger partial charge in [0.15, 0.2) is 0 Å². The highest BCUT2D eigenvalue weighted by molar-refractivity contribution is 6.08. The SMILES string of the molecule is Cl.Cl.N[C@@H](Cc1c[nH]c2ccc3ccccc3c12)C(=O)O. The normalized spacial score (nSPS) is 11.7. The fourth-order valence-electron chi connectivity index (χ4n) is 2.46. The summed E-state index contributed by atoms with van der Waals surface area (Å²) < 4.78 is 0. The molecule has 2 aromatic carbocycles. The van der Waals surface area contributed by atoms with Gasteiger partial charge in [0.25, 0.3) is 0 Å². The molecule has 112 valence electrons. The van der Waals surface area contributed by atoms with E-state index < -0.39 is 12.0 Å². The van der Waals surface area contributed by atoms with Crippen LogP contribution in [0.5, 0.6) is 0 Å². The molecule has 0 unspecified atom stereocenters. The first-order valence-corrected chi connectivity index (χ1v) is 6.13. The molecule has 0 fully saturated rings. The number of H-pyrrole nitrogens is 1. The summed E-state index contributed by atoms with van der Waals surface area (Å²) >= 11 is 0. The van der Waals surface area contributed by atoms with Crippen LogP contribution in [0.4, 0.5) is 0 Å². The molecule has 0 amide bonds. The first-order valence-electron chi connectivity index (χ1n) is 6.13. The molecule has 4 nitrogen and oxygen atoms in total. The monoisotopic (exact) mass is 326 g/mol. The minimum Gasteiger partial charge on any atom is -0.480 e. The number of carboxylic acids is 1. The van der Waals surface area contributed by atoms with E-state index >= 15 is 0 Å². The minimum atomic E-state index is -0.977. The molecular formula is C15H16Cl2N2O2. The first-order chi connectivity index (χ1) is 9.16. The third kappa shape index (κ3) is 3.13. The van der Waals surface area contributed by atoms with Gasteiger partial charge in [-0.3, -0.25) is 4.79 Å². The van der Waals surface area contributed by atoms with E-state index in [1.165, 1.54) is 0 Å². The molecule has 3 rings (SSSR count). The highest BCUT2D eigenvalue weighted by Crippen LogP contribution is 2.28. The maximum absolute atomic E-state index is 10.9. The number of aliphatic carboxylic acids is 1. The second kappa shape index (κ2) is 6.80. The molecule has 3 aromatic rings. The average Bonchev–Trinajstić information content (AvgIpc) is 2.82. The predicted octanol–water partition coefficient (Wildman–Crippen LogP) is 3.12. The molecule has 0 aliphatic rings. The summed E-state index contributed by atoms with van der Waals surface area (Å²) in [5.74, 6) is -0.977. The fourth-order valence-corrected chi connectivity index (χ4v) is 2.46. The summed E-state index contributed by atoms with van der Waals surface area (Å²) in [6.07, 6.45) is 2.17. The summed E-state index contributed by atoms with van der Waals surface area (Å²) in [7, 11) is 0. The van der Waals surface area contributed by atoms with Gasteiger partial charge in [-0.05, 0) is 22.4 Å². The third-order valence-corrected chi connectivity index (χ3v) is 3.41. The second-order valence-corrected chi connectivity index (χ2v) is 4.67. The van der Waals surface area contributed by atoms with Gasteiger partial charge in [0.2, 0.25) is 0 Å². The Balaban J connectivity index is 0.00000110. The maximum atomic E-state index is 10.9. The molecule has 0 aliphatic heterocycles. The van der Waals surface area contributed by atoms with Gasteiger partial charge < -0.3 is 15.8 Å². The molecule has 1 aromatic heterocycles. The number of nitrogens with two attached hydrogens (primary N) is 1. The molecule has 21 heavy (non-hydrogen) atoms. The smallest absolute Gasteiger partial charge is 0.320 e. The van der Waals surface area contributed by atoms with E-state index in [-0.39, 0.29) is 24.8 Å². The first kappa shape index (κ1) is 17.3. The van der Waals surface area contributed by atoms with E-state index in [0.717, 1.165) is 27.2 Å². The zero-order valence-corrected chi connectivity index (χ0v) is 12.7. The Labute approximate surface area is 134 Å². The Morgan fingerprint density at radius 2 is 1.90 bits per heavy atom. The third-order valence-electron chi connectivity index (χ3n) is 3.41. The van der Waals surface area contributed by atoms with Crippen LogP contribution in [-0.4, -0.2) is 22.1 Å². The zero-order chi connectivity index (χ0) is 13.4. The number of rotatable bonds is 3. The molecule has 0 saturated heterocycles. The van der Waals surface area contributed by atoms with Gasteiger partial charge in [0, 0.05) is 23.5 Å². The number of carboxylic acid groups (broad SMARTS) is 1. The van der Waals surface area contributed by atoms with Crippen molar-refractivity contribution in [2.75, 3.05) is 0 Å². The van der Waals surface area contributed by atoms with E-state index in [9.17, 15) is 4.79 Å². The summed E-state index contributed by atoms with van der Waals surface area (Å²) in [6, 6.07) is 11.2. The van der Waals surface area contributed by atoms with Crippen LogP contribution in [0.3, 0.4) is 0 Å². The Hall–Kier alpha value is -1.75. The highest BCUT2D eigenvalue weighted by Gasteiger charge is 2.15. The molecular weight excluding hydrogens is 311 g/mol.